The van der Waals surface area contributed by atoms with Crippen LogP contribution < -0.4 is 4.74 Å². The molecule has 2 aromatic rings. The molecular weight excluding hydrogens is 370 g/mol. The summed E-state index contributed by atoms with van der Waals surface area (Å²) in [5.41, 5.74) is 1.51. The van der Waals surface area contributed by atoms with Crippen molar-refractivity contribution in [3.63, 3.8) is 0 Å². The fraction of sp³-hybridized carbons (Fsp3) is 0.250. The average Bonchev–Trinajstić information content (AvgIpc) is 2.94. The molecule has 1 aromatic heterocycles. The minimum Gasteiger partial charge on any atom is -0.462 e. The van der Waals surface area contributed by atoms with Gasteiger partial charge in [0.15, 0.2) is 0 Å². The van der Waals surface area contributed by atoms with Crippen molar-refractivity contribution in [2.24, 2.45) is 0 Å². The van der Waals surface area contributed by atoms with Gasteiger partial charge in [0.05, 0.1) is 17.9 Å². The summed E-state index contributed by atoms with van der Waals surface area (Å²) in [6, 6.07) is 7.33. The van der Waals surface area contributed by atoms with Gasteiger partial charge in [-0.05, 0) is 50.1 Å². The van der Waals surface area contributed by atoms with E-state index in [1.807, 2.05) is 6.07 Å². The minimum absolute atomic E-state index is 0.0353. The number of nitriles is 1. The van der Waals surface area contributed by atoms with E-state index in [4.69, 9.17) is 4.74 Å². The molecule has 0 aliphatic carbocycles. The van der Waals surface area contributed by atoms with Gasteiger partial charge in [-0.2, -0.15) is 14.0 Å². The van der Waals surface area contributed by atoms with Gasteiger partial charge in [-0.3, -0.25) is 4.79 Å². The molecule has 0 amide bonds. The molecular formula is C20H18F2N2O4. The third kappa shape index (κ3) is 4.62. The second-order valence-electron chi connectivity index (χ2n) is 5.79. The van der Waals surface area contributed by atoms with Crippen LogP contribution in [0.1, 0.15) is 44.6 Å². The Labute approximate surface area is 160 Å². The van der Waals surface area contributed by atoms with E-state index in [9.17, 15) is 23.6 Å². The first-order valence-electron chi connectivity index (χ1n) is 8.36. The number of carbonyl (C=O) groups excluding carboxylic acids is 2. The molecule has 1 N–H and O–H groups in total. The van der Waals surface area contributed by atoms with Crippen molar-refractivity contribution in [3.05, 3.63) is 57.9 Å². The molecule has 0 bridgehead atoms. The highest BCUT2D eigenvalue weighted by Crippen LogP contribution is 2.23. The Hall–Kier alpha value is -3.47. The maximum atomic E-state index is 12.8. The van der Waals surface area contributed by atoms with Crippen LogP contribution in [0, 0.1) is 25.2 Å². The van der Waals surface area contributed by atoms with Crippen LogP contribution in [0.5, 0.6) is 5.75 Å². The molecule has 0 aliphatic heterocycles. The normalized spacial score (nSPS) is 11.2. The van der Waals surface area contributed by atoms with Crippen LogP contribution in [-0.2, 0) is 4.74 Å². The molecule has 6 nitrogen and oxygen atoms in total. The van der Waals surface area contributed by atoms with E-state index in [1.165, 1.54) is 30.3 Å². The van der Waals surface area contributed by atoms with Crippen molar-refractivity contribution >= 4 is 17.8 Å². The van der Waals surface area contributed by atoms with Gasteiger partial charge in [0.25, 0.3) is 0 Å². The van der Waals surface area contributed by atoms with E-state index in [2.05, 4.69) is 9.72 Å². The van der Waals surface area contributed by atoms with Crippen molar-refractivity contribution < 1.29 is 27.8 Å². The van der Waals surface area contributed by atoms with E-state index in [0.29, 0.717) is 16.8 Å². The first-order chi connectivity index (χ1) is 13.3. The second kappa shape index (κ2) is 8.95. The molecule has 0 saturated carbocycles. The summed E-state index contributed by atoms with van der Waals surface area (Å²) in [6.45, 7) is 2.16. The summed E-state index contributed by atoms with van der Waals surface area (Å²) in [5, 5.41) is 9.38. The number of hydrogen-bond donors (Lipinski definition) is 1. The number of hydrogen-bond acceptors (Lipinski definition) is 5. The SMILES string of the molecule is CCOC(=O)c1c(C)[nH]c(C(=O)C(C#N)=Cc2ccc(OC(F)F)cc2)c1C. The Morgan fingerprint density at radius 1 is 1.25 bits per heavy atom. The van der Waals surface area contributed by atoms with Gasteiger partial charge in [0.2, 0.25) is 5.78 Å². The molecule has 1 heterocycles. The Balaban J connectivity index is 2.34. The van der Waals surface area contributed by atoms with Crippen LogP contribution in [0.2, 0.25) is 0 Å². The first kappa shape index (κ1) is 20.8. The highest BCUT2D eigenvalue weighted by molar-refractivity contribution is 6.15. The molecule has 0 saturated heterocycles. The number of nitrogens with zero attached hydrogens (tertiary/aromatic N) is 1. The van der Waals surface area contributed by atoms with Crippen LogP contribution in [0.25, 0.3) is 6.08 Å². The highest BCUT2D eigenvalue weighted by Gasteiger charge is 2.24. The topological polar surface area (TPSA) is 92.2 Å². The third-order valence-electron chi connectivity index (χ3n) is 3.93. The lowest BCUT2D eigenvalue weighted by Gasteiger charge is -2.04. The number of Topliss-reactive ketones (excluding diaryl/α,β-unsaturated/α-hetero) is 1. The fourth-order valence-electron chi connectivity index (χ4n) is 2.68. The largest absolute Gasteiger partial charge is 0.462 e. The maximum absolute atomic E-state index is 12.8. The predicted molar refractivity (Wildman–Crippen MR) is 97.2 cm³/mol. The Bertz CT molecular complexity index is 954. The van der Waals surface area contributed by atoms with Crippen LogP contribution in [0.4, 0.5) is 8.78 Å². The molecule has 2 rings (SSSR count). The van der Waals surface area contributed by atoms with Gasteiger partial charge in [-0.25, -0.2) is 4.79 Å². The number of alkyl halides is 2. The van der Waals surface area contributed by atoms with Gasteiger partial charge in [-0.1, -0.05) is 12.1 Å². The molecule has 146 valence electrons. The van der Waals surface area contributed by atoms with Crippen LogP contribution >= 0.6 is 0 Å². The summed E-state index contributed by atoms with van der Waals surface area (Å²) in [4.78, 5) is 27.7. The molecule has 0 radical (unpaired) electrons. The molecule has 8 heteroatoms. The van der Waals surface area contributed by atoms with Crippen molar-refractivity contribution in [2.45, 2.75) is 27.4 Å². The quantitative estimate of drug-likeness (QED) is 0.332. The zero-order chi connectivity index (χ0) is 20.8. The van der Waals surface area contributed by atoms with E-state index < -0.39 is 18.4 Å². The number of rotatable bonds is 7. The van der Waals surface area contributed by atoms with E-state index in [0.717, 1.165) is 0 Å². The van der Waals surface area contributed by atoms with E-state index >= 15 is 0 Å². The smallest absolute Gasteiger partial charge is 0.387 e. The van der Waals surface area contributed by atoms with Gasteiger partial charge >= 0.3 is 12.6 Å². The number of nitrogens with one attached hydrogen (secondary N) is 1. The van der Waals surface area contributed by atoms with Crippen LogP contribution in [-0.4, -0.2) is 30.0 Å². The Kier molecular flexibility index (Phi) is 6.66. The Morgan fingerprint density at radius 2 is 1.89 bits per heavy atom. The van der Waals surface area contributed by atoms with E-state index in [-0.39, 0.29) is 29.2 Å². The zero-order valence-electron chi connectivity index (χ0n) is 15.5. The van der Waals surface area contributed by atoms with Crippen LogP contribution in [0.3, 0.4) is 0 Å². The number of carbonyl (C=O) groups is 2. The maximum Gasteiger partial charge on any atom is 0.387 e. The summed E-state index contributed by atoms with van der Waals surface area (Å²) >= 11 is 0. The van der Waals surface area contributed by atoms with Gasteiger partial charge in [0, 0.05) is 5.69 Å². The van der Waals surface area contributed by atoms with Crippen molar-refractivity contribution in [1.82, 2.24) is 4.98 Å². The molecule has 0 unspecified atom stereocenters. The second-order valence-corrected chi connectivity index (χ2v) is 5.79. The molecule has 0 atom stereocenters. The van der Waals surface area contributed by atoms with Gasteiger partial charge < -0.3 is 14.5 Å². The summed E-state index contributed by atoms with van der Waals surface area (Å²) in [6.07, 6.45) is 1.33. The average molecular weight is 388 g/mol. The number of ketones is 1. The Morgan fingerprint density at radius 3 is 2.43 bits per heavy atom. The number of esters is 1. The highest BCUT2D eigenvalue weighted by atomic mass is 19.3. The summed E-state index contributed by atoms with van der Waals surface area (Å²) in [5.74, 6) is -1.18. The molecule has 0 spiro atoms. The molecule has 28 heavy (non-hydrogen) atoms. The van der Waals surface area contributed by atoms with Crippen molar-refractivity contribution in [1.29, 1.82) is 5.26 Å². The standard InChI is InChI=1S/C20H18F2N2O4/c1-4-27-19(26)16-11(2)17(24-12(16)3)18(25)14(10-23)9-13-5-7-15(8-6-13)28-20(21)22/h5-9,20,24H,4H2,1-3H3. The summed E-state index contributed by atoms with van der Waals surface area (Å²) in [7, 11) is 0. The zero-order valence-corrected chi connectivity index (χ0v) is 15.5. The number of H-pyrrole nitrogens is 1. The van der Waals surface area contributed by atoms with Crippen molar-refractivity contribution in [2.75, 3.05) is 6.61 Å². The number of aromatic nitrogens is 1. The third-order valence-corrected chi connectivity index (χ3v) is 3.93. The number of allylic oxidation sites excluding steroid dienone is 1. The number of aromatic amines is 1. The minimum atomic E-state index is -2.94. The van der Waals surface area contributed by atoms with Crippen molar-refractivity contribution in [3.8, 4) is 11.8 Å². The predicted octanol–water partition coefficient (Wildman–Crippen LogP) is 4.20. The fourth-order valence-corrected chi connectivity index (χ4v) is 2.68. The molecule has 0 fully saturated rings. The monoisotopic (exact) mass is 388 g/mol. The van der Waals surface area contributed by atoms with Crippen LogP contribution in [0.15, 0.2) is 29.8 Å². The van der Waals surface area contributed by atoms with Gasteiger partial charge in [0.1, 0.15) is 17.4 Å². The number of halogens is 2. The lowest BCUT2D eigenvalue weighted by molar-refractivity contribution is -0.0498. The molecule has 0 aliphatic rings. The number of aryl methyl sites for hydroxylation is 1. The molecule has 1 aromatic carbocycles. The first-order valence-corrected chi connectivity index (χ1v) is 8.36. The van der Waals surface area contributed by atoms with Gasteiger partial charge in [-0.15, -0.1) is 0 Å². The number of ether oxygens (including phenoxy) is 2. The number of benzene rings is 1. The lowest BCUT2D eigenvalue weighted by Crippen LogP contribution is -2.08. The van der Waals surface area contributed by atoms with E-state index in [1.54, 1.807) is 20.8 Å². The summed E-state index contributed by atoms with van der Waals surface area (Å²) < 4.78 is 33.6. The lowest BCUT2D eigenvalue weighted by atomic mass is 10.0.